The molecule has 0 radical (unpaired) electrons. The summed E-state index contributed by atoms with van der Waals surface area (Å²) in [6.45, 7) is 4.71. The van der Waals surface area contributed by atoms with Gasteiger partial charge in [-0.3, -0.25) is 28.9 Å². The highest BCUT2D eigenvalue weighted by atomic mass is 79.9. The zero-order valence-corrected chi connectivity index (χ0v) is 21.9. The van der Waals surface area contributed by atoms with E-state index in [-0.39, 0.29) is 42.0 Å². The van der Waals surface area contributed by atoms with E-state index in [1.807, 2.05) is 25.1 Å². The van der Waals surface area contributed by atoms with Gasteiger partial charge in [0.15, 0.2) is 11.6 Å². The molecule has 1 saturated carbocycles. The Kier molecular flexibility index (Phi) is 5.47. The summed E-state index contributed by atoms with van der Waals surface area (Å²) < 4.78 is 2.32. The average Bonchev–Trinajstić information content (AvgIpc) is 3.15. The maximum atomic E-state index is 13.7. The molecule has 0 spiro atoms. The summed E-state index contributed by atoms with van der Waals surface area (Å²) in [5.41, 5.74) is 2.38. The minimum absolute atomic E-state index is 0.00521. The van der Waals surface area contributed by atoms with E-state index in [1.54, 1.807) is 26.9 Å². The van der Waals surface area contributed by atoms with Crippen LogP contribution in [0.3, 0.4) is 0 Å². The molecule has 3 aromatic heterocycles. The van der Waals surface area contributed by atoms with E-state index in [1.165, 1.54) is 0 Å². The predicted molar refractivity (Wildman–Crippen MR) is 136 cm³/mol. The highest BCUT2D eigenvalue weighted by Gasteiger charge is 2.64. The van der Waals surface area contributed by atoms with Gasteiger partial charge in [-0.05, 0) is 65.2 Å². The van der Waals surface area contributed by atoms with Crippen LogP contribution in [0.15, 0.2) is 35.2 Å². The number of hydrogen-bond acceptors (Lipinski definition) is 6. The SMILES string of the molecule is Cc1ccc(Br)nc1CC(=O)[C@@H]1C[C@@]2(C)C[C@H]2N1C(=O)Cn1nc(N2CCCC2=O)c2ccncc21. The van der Waals surface area contributed by atoms with Crippen LogP contribution in [0.1, 0.15) is 43.9 Å². The van der Waals surface area contributed by atoms with Gasteiger partial charge in [-0.2, -0.15) is 5.10 Å². The molecule has 3 aliphatic rings. The van der Waals surface area contributed by atoms with Gasteiger partial charge in [0.1, 0.15) is 11.1 Å². The van der Waals surface area contributed by atoms with Crippen LogP contribution in [-0.2, 0) is 27.3 Å². The van der Waals surface area contributed by atoms with Gasteiger partial charge in [-0.25, -0.2) is 4.98 Å². The Morgan fingerprint density at radius 2 is 2.06 bits per heavy atom. The summed E-state index contributed by atoms with van der Waals surface area (Å²) in [4.78, 5) is 51.8. The van der Waals surface area contributed by atoms with E-state index in [2.05, 4.69) is 37.9 Å². The second-order valence-corrected chi connectivity index (χ2v) is 11.3. The van der Waals surface area contributed by atoms with Crippen molar-refractivity contribution >= 4 is 50.2 Å². The number of rotatable bonds is 6. The number of anilines is 1. The minimum atomic E-state index is -0.471. The third-order valence-corrected chi connectivity index (χ3v) is 8.39. The number of likely N-dealkylation sites (tertiary alicyclic amines) is 1. The lowest BCUT2D eigenvalue weighted by Crippen LogP contribution is -2.45. The second kappa shape index (κ2) is 8.47. The molecule has 0 bridgehead atoms. The normalized spacial score (nSPS) is 25.0. The molecule has 2 aliphatic heterocycles. The number of carbonyl (C=O) groups is 3. The molecule has 2 saturated heterocycles. The standard InChI is InChI=1S/C26H27BrN6O3/c1-15-5-6-22(27)29-17(15)10-20(34)18-11-26(2)12-21(26)33(18)24(36)14-32-19-13-28-8-7-16(19)25(30-32)31-9-3-4-23(31)35/h5-8,13,18,21H,3-4,9-12,14H2,1-2H3/t18-,21+,26-/m0/s1. The second-order valence-electron chi connectivity index (χ2n) is 10.5. The van der Waals surface area contributed by atoms with E-state index in [9.17, 15) is 14.4 Å². The van der Waals surface area contributed by atoms with E-state index in [4.69, 9.17) is 0 Å². The third kappa shape index (κ3) is 3.82. The van der Waals surface area contributed by atoms with Crippen molar-refractivity contribution in [1.82, 2.24) is 24.6 Å². The summed E-state index contributed by atoms with van der Waals surface area (Å²) in [5, 5.41) is 5.48. The highest BCUT2D eigenvalue weighted by molar-refractivity contribution is 9.10. The molecule has 10 heteroatoms. The van der Waals surface area contributed by atoms with Crippen molar-refractivity contribution in [2.45, 2.75) is 64.6 Å². The van der Waals surface area contributed by atoms with E-state index in [0.717, 1.165) is 29.5 Å². The molecule has 3 aromatic rings. The average molecular weight is 551 g/mol. The first-order valence-electron chi connectivity index (χ1n) is 12.3. The summed E-state index contributed by atoms with van der Waals surface area (Å²) in [6, 6.07) is 5.22. The fourth-order valence-corrected chi connectivity index (χ4v) is 6.17. The lowest BCUT2D eigenvalue weighted by molar-refractivity contribution is -0.139. The largest absolute Gasteiger partial charge is 0.327 e. The van der Waals surface area contributed by atoms with Crippen molar-refractivity contribution < 1.29 is 14.4 Å². The number of piperidine rings is 1. The van der Waals surface area contributed by atoms with Crippen LogP contribution in [0, 0.1) is 12.3 Å². The molecule has 0 N–H and O–H groups in total. The molecule has 36 heavy (non-hydrogen) atoms. The van der Waals surface area contributed by atoms with Crippen LogP contribution in [-0.4, -0.2) is 60.9 Å². The Labute approximate surface area is 217 Å². The number of fused-ring (bicyclic) bond motifs is 2. The zero-order valence-electron chi connectivity index (χ0n) is 20.3. The molecule has 1 aliphatic carbocycles. The van der Waals surface area contributed by atoms with Gasteiger partial charge < -0.3 is 4.90 Å². The minimum Gasteiger partial charge on any atom is -0.327 e. The smallest absolute Gasteiger partial charge is 0.245 e. The maximum absolute atomic E-state index is 13.7. The maximum Gasteiger partial charge on any atom is 0.245 e. The van der Waals surface area contributed by atoms with E-state index >= 15 is 0 Å². The summed E-state index contributed by atoms with van der Waals surface area (Å²) in [5.74, 6) is 0.496. The lowest BCUT2D eigenvalue weighted by atomic mass is 9.96. The molecule has 5 heterocycles. The van der Waals surface area contributed by atoms with Gasteiger partial charge in [0.05, 0.1) is 29.9 Å². The zero-order chi connectivity index (χ0) is 25.2. The van der Waals surface area contributed by atoms with Gasteiger partial charge in [0.2, 0.25) is 11.8 Å². The van der Waals surface area contributed by atoms with Gasteiger partial charge >= 0.3 is 0 Å². The molecule has 0 aromatic carbocycles. The van der Waals surface area contributed by atoms with Crippen molar-refractivity contribution in [3.8, 4) is 0 Å². The number of hydrogen-bond donors (Lipinski definition) is 0. The van der Waals surface area contributed by atoms with Crippen molar-refractivity contribution in [3.05, 3.63) is 46.5 Å². The topological polar surface area (TPSA) is 101 Å². The predicted octanol–water partition coefficient (Wildman–Crippen LogP) is 3.22. The number of Topliss-reactive ketones (excluding diaryl/α,β-unsaturated/α-hetero) is 1. The summed E-state index contributed by atoms with van der Waals surface area (Å²) >= 11 is 3.39. The molecular weight excluding hydrogens is 524 g/mol. The molecule has 6 rings (SSSR count). The Morgan fingerprint density at radius 3 is 2.83 bits per heavy atom. The summed E-state index contributed by atoms with van der Waals surface area (Å²) in [6.07, 6.45) is 6.41. The van der Waals surface area contributed by atoms with Crippen LogP contribution < -0.4 is 4.90 Å². The molecule has 3 fully saturated rings. The van der Waals surface area contributed by atoms with Crippen LogP contribution >= 0.6 is 15.9 Å². The van der Waals surface area contributed by atoms with Crippen LogP contribution in [0.25, 0.3) is 10.9 Å². The Balaban J connectivity index is 1.27. The van der Waals surface area contributed by atoms with Crippen LogP contribution in [0.5, 0.6) is 0 Å². The first-order chi connectivity index (χ1) is 17.2. The van der Waals surface area contributed by atoms with Gasteiger partial charge in [0, 0.05) is 30.6 Å². The first kappa shape index (κ1) is 23.3. The quantitative estimate of drug-likeness (QED) is 0.437. The Morgan fingerprint density at radius 1 is 1.22 bits per heavy atom. The van der Waals surface area contributed by atoms with Gasteiger partial charge in [0.25, 0.3) is 0 Å². The van der Waals surface area contributed by atoms with E-state index < -0.39 is 6.04 Å². The van der Waals surface area contributed by atoms with Crippen LogP contribution in [0.4, 0.5) is 5.82 Å². The van der Waals surface area contributed by atoms with Gasteiger partial charge in [-0.1, -0.05) is 13.0 Å². The van der Waals surface area contributed by atoms with Crippen molar-refractivity contribution in [2.24, 2.45) is 5.41 Å². The van der Waals surface area contributed by atoms with E-state index in [0.29, 0.717) is 35.3 Å². The molecule has 9 nitrogen and oxygen atoms in total. The number of amides is 2. The number of halogens is 1. The Hall–Kier alpha value is -3.14. The number of carbonyl (C=O) groups excluding carboxylic acids is 3. The fraction of sp³-hybridized carbons (Fsp3) is 0.462. The lowest BCUT2D eigenvalue weighted by Gasteiger charge is -2.27. The number of ketones is 1. The van der Waals surface area contributed by atoms with Gasteiger partial charge in [-0.15, -0.1) is 0 Å². The monoisotopic (exact) mass is 550 g/mol. The number of aromatic nitrogens is 4. The molecule has 186 valence electrons. The van der Waals surface area contributed by atoms with Crippen molar-refractivity contribution in [1.29, 1.82) is 0 Å². The molecular formula is C26H27BrN6O3. The molecule has 2 amide bonds. The third-order valence-electron chi connectivity index (χ3n) is 7.95. The number of aryl methyl sites for hydroxylation is 1. The fourth-order valence-electron chi connectivity index (χ4n) is 5.82. The molecule has 3 atom stereocenters. The van der Waals surface area contributed by atoms with Crippen LogP contribution in [0.2, 0.25) is 0 Å². The number of nitrogens with zero attached hydrogens (tertiary/aromatic N) is 6. The summed E-state index contributed by atoms with van der Waals surface area (Å²) in [7, 11) is 0. The number of pyridine rings is 2. The Bertz CT molecular complexity index is 1420. The van der Waals surface area contributed by atoms with Crippen molar-refractivity contribution in [2.75, 3.05) is 11.4 Å². The highest BCUT2D eigenvalue weighted by Crippen LogP contribution is 2.59. The molecule has 0 unspecified atom stereocenters. The van der Waals surface area contributed by atoms with Crippen molar-refractivity contribution in [3.63, 3.8) is 0 Å². The first-order valence-corrected chi connectivity index (χ1v) is 13.1.